The highest BCUT2D eigenvalue weighted by Gasteiger charge is 2.07. The van der Waals surface area contributed by atoms with Gasteiger partial charge < -0.3 is 10.2 Å². The zero-order valence-electron chi connectivity index (χ0n) is 12.3. The lowest BCUT2D eigenvalue weighted by Gasteiger charge is -2.13. The molecule has 0 aliphatic heterocycles. The number of carbonyl (C=O) groups excluding carboxylic acids is 1. The summed E-state index contributed by atoms with van der Waals surface area (Å²) in [4.78, 5) is 14.0. The molecule has 1 amide bonds. The first kappa shape index (κ1) is 15.0. The fourth-order valence-electron chi connectivity index (χ4n) is 2.04. The van der Waals surface area contributed by atoms with Crippen LogP contribution in [0.1, 0.15) is 15.9 Å². The van der Waals surface area contributed by atoms with Crippen LogP contribution in [0.25, 0.3) is 0 Å². The van der Waals surface area contributed by atoms with Gasteiger partial charge in [0.2, 0.25) is 0 Å². The Morgan fingerprint density at radius 3 is 2.62 bits per heavy atom. The van der Waals surface area contributed by atoms with E-state index in [9.17, 15) is 9.18 Å². The molecule has 0 saturated heterocycles. The van der Waals surface area contributed by atoms with Crippen molar-refractivity contribution in [2.24, 2.45) is 0 Å². The number of hydrogen-bond donors (Lipinski definition) is 1. The highest BCUT2D eigenvalue weighted by atomic mass is 19.1. The summed E-state index contributed by atoms with van der Waals surface area (Å²) in [6, 6.07) is 14.0. The van der Waals surface area contributed by atoms with Crippen molar-refractivity contribution in [3.8, 4) is 0 Å². The van der Waals surface area contributed by atoms with Gasteiger partial charge in [0.1, 0.15) is 5.82 Å². The monoisotopic (exact) mass is 286 g/mol. The van der Waals surface area contributed by atoms with E-state index >= 15 is 0 Å². The number of anilines is 1. The second kappa shape index (κ2) is 6.88. The van der Waals surface area contributed by atoms with Crippen molar-refractivity contribution in [2.45, 2.75) is 6.42 Å². The lowest BCUT2D eigenvalue weighted by Crippen LogP contribution is -2.26. The molecule has 3 nitrogen and oxygen atoms in total. The summed E-state index contributed by atoms with van der Waals surface area (Å²) in [5.74, 6) is -0.378. The van der Waals surface area contributed by atoms with E-state index in [2.05, 4.69) is 5.32 Å². The average molecular weight is 286 g/mol. The summed E-state index contributed by atoms with van der Waals surface area (Å²) in [6.07, 6.45) is 0.478. The van der Waals surface area contributed by atoms with Crippen LogP contribution in [0.4, 0.5) is 10.1 Å². The average Bonchev–Trinajstić information content (AvgIpc) is 2.49. The Morgan fingerprint density at radius 1 is 1.14 bits per heavy atom. The molecule has 0 atom stereocenters. The lowest BCUT2D eigenvalue weighted by atomic mass is 10.1. The van der Waals surface area contributed by atoms with Gasteiger partial charge in [0.05, 0.1) is 0 Å². The number of carbonyl (C=O) groups is 1. The third kappa shape index (κ3) is 4.05. The maximum Gasteiger partial charge on any atom is 0.251 e. The highest BCUT2D eigenvalue weighted by Crippen LogP contribution is 2.13. The summed E-state index contributed by atoms with van der Waals surface area (Å²) in [7, 11) is 3.85. The molecule has 0 bridgehead atoms. The van der Waals surface area contributed by atoms with Crippen molar-refractivity contribution in [3.63, 3.8) is 0 Å². The van der Waals surface area contributed by atoms with Crippen LogP contribution in [0.2, 0.25) is 0 Å². The Bertz CT molecular complexity index is 626. The van der Waals surface area contributed by atoms with Gasteiger partial charge in [-0.15, -0.1) is 0 Å². The molecule has 21 heavy (non-hydrogen) atoms. The molecule has 0 unspecified atom stereocenters. The first-order valence-electron chi connectivity index (χ1n) is 6.87. The summed E-state index contributed by atoms with van der Waals surface area (Å²) < 4.78 is 13.5. The van der Waals surface area contributed by atoms with Crippen LogP contribution in [0.5, 0.6) is 0 Å². The van der Waals surface area contributed by atoms with Gasteiger partial charge in [-0.3, -0.25) is 4.79 Å². The number of nitrogens with zero attached hydrogens (tertiary/aromatic N) is 1. The first-order chi connectivity index (χ1) is 10.1. The molecular formula is C17H19FN2O. The Kier molecular flexibility index (Phi) is 4.93. The second-order valence-corrected chi connectivity index (χ2v) is 5.04. The van der Waals surface area contributed by atoms with E-state index in [1.807, 2.05) is 37.2 Å². The van der Waals surface area contributed by atoms with Crippen molar-refractivity contribution in [3.05, 3.63) is 65.5 Å². The smallest absolute Gasteiger partial charge is 0.251 e. The van der Waals surface area contributed by atoms with Gasteiger partial charge in [0, 0.05) is 31.9 Å². The van der Waals surface area contributed by atoms with E-state index in [4.69, 9.17) is 0 Å². The predicted molar refractivity (Wildman–Crippen MR) is 83.2 cm³/mol. The molecule has 2 rings (SSSR count). The van der Waals surface area contributed by atoms with E-state index in [1.165, 1.54) is 6.07 Å². The van der Waals surface area contributed by atoms with Gasteiger partial charge in [-0.25, -0.2) is 4.39 Å². The zero-order chi connectivity index (χ0) is 15.2. The fraction of sp³-hybridized carbons (Fsp3) is 0.235. The second-order valence-electron chi connectivity index (χ2n) is 5.04. The third-order valence-corrected chi connectivity index (χ3v) is 3.26. The van der Waals surface area contributed by atoms with Crippen LogP contribution >= 0.6 is 0 Å². The fourth-order valence-corrected chi connectivity index (χ4v) is 2.04. The van der Waals surface area contributed by atoms with Crippen LogP contribution in [0, 0.1) is 5.82 Å². The molecule has 1 N–H and O–H groups in total. The quantitative estimate of drug-likeness (QED) is 0.916. The van der Waals surface area contributed by atoms with Crippen molar-refractivity contribution < 1.29 is 9.18 Å². The van der Waals surface area contributed by atoms with Gasteiger partial charge in [-0.2, -0.15) is 0 Å². The summed E-state index contributed by atoms with van der Waals surface area (Å²) in [5.41, 5.74) is 2.19. The Morgan fingerprint density at radius 2 is 1.90 bits per heavy atom. The van der Waals surface area contributed by atoms with Crippen LogP contribution in [-0.2, 0) is 6.42 Å². The third-order valence-electron chi connectivity index (χ3n) is 3.26. The van der Waals surface area contributed by atoms with Crippen LogP contribution in [0.3, 0.4) is 0 Å². The number of hydrogen-bond acceptors (Lipinski definition) is 2. The summed E-state index contributed by atoms with van der Waals surface area (Å²) >= 11 is 0. The lowest BCUT2D eigenvalue weighted by molar-refractivity contribution is 0.0954. The minimum Gasteiger partial charge on any atom is -0.378 e. The van der Waals surface area contributed by atoms with Crippen LogP contribution in [-0.4, -0.2) is 26.5 Å². The Hall–Kier alpha value is -2.36. The topological polar surface area (TPSA) is 32.3 Å². The predicted octanol–water partition coefficient (Wildman–Crippen LogP) is 2.86. The number of benzene rings is 2. The van der Waals surface area contributed by atoms with E-state index in [0.717, 1.165) is 5.69 Å². The SMILES string of the molecule is CN(C)c1cccc(C(=O)NCCc2ccccc2F)c1. The Labute approximate surface area is 124 Å². The maximum atomic E-state index is 13.5. The van der Waals surface area contributed by atoms with Crippen molar-refractivity contribution in [1.29, 1.82) is 0 Å². The van der Waals surface area contributed by atoms with Crippen molar-refractivity contribution in [1.82, 2.24) is 5.32 Å². The van der Waals surface area contributed by atoms with Gasteiger partial charge >= 0.3 is 0 Å². The van der Waals surface area contributed by atoms with E-state index in [-0.39, 0.29) is 11.7 Å². The minimum absolute atomic E-state index is 0.143. The summed E-state index contributed by atoms with van der Waals surface area (Å²) in [6.45, 7) is 0.409. The number of nitrogens with one attached hydrogen (secondary N) is 1. The molecule has 0 heterocycles. The number of rotatable bonds is 5. The molecule has 0 saturated carbocycles. The molecule has 0 radical (unpaired) electrons. The molecular weight excluding hydrogens is 267 g/mol. The number of halogens is 1. The standard InChI is InChI=1S/C17H19FN2O/c1-20(2)15-8-5-7-14(12-15)17(21)19-11-10-13-6-3-4-9-16(13)18/h3-9,12H,10-11H2,1-2H3,(H,19,21). The molecule has 0 aliphatic rings. The normalized spacial score (nSPS) is 10.2. The van der Waals surface area contributed by atoms with Crippen molar-refractivity contribution in [2.75, 3.05) is 25.5 Å². The molecule has 0 aliphatic carbocycles. The molecule has 0 spiro atoms. The summed E-state index contributed by atoms with van der Waals surface area (Å²) in [5, 5.41) is 2.82. The molecule has 0 fully saturated rings. The molecule has 0 aromatic heterocycles. The van der Waals surface area contributed by atoms with Crippen molar-refractivity contribution >= 4 is 11.6 Å². The van der Waals surface area contributed by atoms with E-state index in [1.54, 1.807) is 24.3 Å². The Balaban J connectivity index is 1.93. The zero-order valence-corrected chi connectivity index (χ0v) is 12.3. The highest BCUT2D eigenvalue weighted by molar-refractivity contribution is 5.95. The minimum atomic E-state index is -0.235. The molecule has 4 heteroatoms. The van der Waals surface area contributed by atoms with Gasteiger partial charge in [0.25, 0.3) is 5.91 Å². The molecule has 2 aromatic rings. The number of amides is 1. The van der Waals surface area contributed by atoms with E-state index in [0.29, 0.717) is 24.1 Å². The molecule has 110 valence electrons. The van der Waals surface area contributed by atoms with Gasteiger partial charge in [-0.05, 0) is 36.2 Å². The van der Waals surface area contributed by atoms with Gasteiger partial charge in [0.15, 0.2) is 0 Å². The van der Waals surface area contributed by atoms with E-state index < -0.39 is 0 Å². The largest absolute Gasteiger partial charge is 0.378 e. The van der Waals surface area contributed by atoms with Gasteiger partial charge in [-0.1, -0.05) is 24.3 Å². The maximum absolute atomic E-state index is 13.5. The first-order valence-corrected chi connectivity index (χ1v) is 6.87. The van der Waals surface area contributed by atoms with Crippen LogP contribution in [0.15, 0.2) is 48.5 Å². The van der Waals surface area contributed by atoms with Crippen LogP contribution < -0.4 is 10.2 Å². The molecule has 2 aromatic carbocycles.